The van der Waals surface area contributed by atoms with Gasteiger partial charge in [-0.05, 0) is 25.1 Å². The zero-order valence-corrected chi connectivity index (χ0v) is 16.4. The first kappa shape index (κ1) is 21.6. The Balaban J connectivity index is 1.92. The quantitative estimate of drug-likeness (QED) is 0.586. The molecule has 2 rings (SSSR count). The van der Waals surface area contributed by atoms with Crippen LogP contribution in [-0.2, 0) is 9.84 Å². The van der Waals surface area contributed by atoms with Crippen molar-refractivity contribution in [3.63, 3.8) is 0 Å². The van der Waals surface area contributed by atoms with Crippen molar-refractivity contribution in [1.29, 1.82) is 0 Å². The van der Waals surface area contributed by atoms with Crippen molar-refractivity contribution in [3.8, 4) is 5.75 Å². The minimum absolute atomic E-state index is 0.0509. The second kappa shape index (κ2) is 10.00. The molecule has 2 amide bonds. The van der Waals surface area contributed by atoms with Crippen LogP contribution >= 0.6 is 0 Å². The number of hydrogen-bond donors (Lipinski definition) is 3. The van der Waals surface area contributed by atoms with Gasteiger partial charge in [-0.1, -0.05) is 6.92 Å². The van der Waals surface area contributed by atoms with E-state index in [0.29, 0.717) is 5.69 Å². The Kier molecular flexibility index (Phi) is 7.70. The fourth-order valence-electron chi connectivity index (χ4n) is 2.23. The van der Waals surface area contributed by atoms with E-state index in [2.05, 4.69) is 20.9 Å². The van der Waals surface area contributed by atoms with E-state index in [1.165, 1.54) is 18.3 Å². The van der Waals surface area contributed by atoms with Gasteiger partial charge in [-0.25, -0.2) is 17.6 Å². The van der Waals surface area contributed by atoms with Gasteiger partial charge in [0.1, 0.15) is 17.7 Å². The lowest BCUT2D eigenvalue weighted by Gasteiger charge is -2.16. The predicted molar refractivity (Wildman–Crippen MR) is 106 cm³/mol. The molecule has 3 N–H and O–H groups in total. The summed E-state index contributed by atoms with van der Waals surface area (Å²) in [7, 11) is -3.13. The first-order chi connectivity index (χ1) is 13.3. The number of rotatable bonds is 9. The van der Waals surface area contributed by atoms with Gasteiger partial charge in [0.15, 0.2) is 9.84 Å². The van der Waals surface area contributed by atoms with E-state index < -0.39 is 27.8 Å². The Labute approximate surface area is 163 Å². The number of aromatic nitrogens is 1. The van der Waals surface area contributed by atoms with Gasteiger partial charge in [-0.3, -0.25) is 4.98 Å². The maximum absolute atomic E-state index is 13.9. The second-order valence-corrected chi connectivity index (χ2v) is 8.41. The molecule has 0 saturated carbocycles. The molecule has 1 atom stereocenters. The number of halogens is 1. The highest BCUT2D eigenvalue weighted by Gasteiger charge is 2.11. The Morgan fingerprint density at radius 2 is 2.00 bits per heavy atom. The summed E-state index contributed by atoms with van der Waals surface area (Å²) in [6.45, 7) is 3.56. The van der Waals surface area contributed by atoms with E-state index in [1.54, 1.807) is 32.2 Å². The van der Waals surface area contributed by atoms with Gasteiger partial charge in [0, 0.05) is 36.3 Å². The molecule has 0 saturated heterocycles. The molecule has 2 aromatic rings. The standard InChI is InChI=1S/C18H23FN4O4S/c1-3-28(25,26)12-21-10-13(2)27-17-8-14(19)7-16(9-17)23-18(24)22-15-5-4-6-20-11-15/h4-9,11,13,21H,3,10,12H2,1-2H3,(H2,22,23,24)/t13-/m1/s1. The first-order valence-corrected chi connectivity index (χ1v) is 10.5. The highest BCUT2D eigenvalue weighted by Crippen LogP contribution is 2.21. The third kappa shape index (κ3) is 7.49. The summed E-state index contributed by atoms with van der Waals surface area (Å²) < 4.78 is 42.4. The van der Waals surface area contributed by atoms with Gasteiger partial charge in [-0.15, -0.1) is 0 Å². The lowest BCUT2D eigenvalue weighted by atomic mass is 10.3. The Hall–Kier alpha value is -2.72. The lowest BCUT2D eigenvalue weighted by Crippen LogP contribution is -2.33. The largest absolute Gasteiger partial charge is 0.489 e. The van der Waals surface area contributed by atoms with Crippen LogP contribution in [0.2, 0.25) is 0 Å². The van der Waals surface area contributed by atoms with Crippen molar-refractivity contribution in [2.75, 3.05) is 28.8 Å². The van der Waals surface area contributed by atoms with E-state index in [1.807, 2.05) is 0 Å². The number of urea groups is 1. The van der Waals surface area contributed by atoms with Crippen LogP contribution in [-0.4, -0.2) is 43.7 Å². The van der Waals surface area contributed by atoms with Crippen molar-refractivity contribution < 1.29 is 22.3 Å². The third-order valence-electron chi connectivity index (χ3n) is 3.58. The normalized spacial score (nSPS) is 12.2. The molecule has 0 spiro atoms. The third-order valence-corrected chi connectivity index (χ3v) is 5.10. The van der Waals surface area contributed by atoms with Crippen molar-refractivity contribution in [1.82, 2.24) is 10.3 Å². The summed E-state index contributed by atoms with van der Waals surface area (Å²) in [5, 5.41) is 7.89. The molecule has 8 nitrogen and oxygen atoms in total. The molecule has 10 heteroatoms. The van der Waals surface area contributed by atoms with Gasteiger partial charge >= 0.3 is 6.03 Å². The minimum atomic E-state index is -3.13. The van der Waals surface area contributed by atoms with E-state index in [4.69, 9.17) is 4.74 Å². The SMILES string of the molecule is CCS(=O)(=O)CNC[C@@H](C)Oc1cc(F)cc(NC(=O)Nc2cccnc2)c1. The van der Waals surface area contributed by atoms with Gasteiger partial charge < -0.3 is 20.7 Å². The zero-order valence-electron chi connectivity index (χ0n) is 15.6. The molecule has 0 aliphatic rings. The zero-order chi connectivity index (χ0) is 20.6. The average molecular weight is 410 g/mol. The van der Waals surface area contributed by atoms with Crippen molar-refractivity contribution >= 4 is 27.2 Å². The number of pyridine rings is 1. The molecule has 0 aliphatic heterocycles. The fraction of sp³-hybridized carbons (Fsp3) is 0.333. The van der Waals surface area contributed by atoms with E-state index in [9.17, 15) is 17.6 Å². The van der Waals surface area contributed by atoms with Crippen LogP contribution < -0.4 is 20.7 Å². The molecular formula is C18H23FN4O4S. The molecular weight excluding hydrogens is 387 g/mol. The molecule has 0 aliphatic carbocycles. The first-order valence-electron chi connectivity index (χ1n) is 8.64. The number of benzene rings is 1. The summed E-state index contributed by atoms with van der Waals surface area (Å²) in [6, 6.07) is 6.61. The number of sulfone groups is 1. The molecule has 1 aromatic heterocycles. The van der Waals surface area contributed by atoms with Crippen LogP contribution in [0.5, 0.6) is 5.75 Å². The van der Waals surface area contributed by atoms with Crippen molar-refractivity contribution in [3.05, 3.63) is 48.5 Å². The number of ether oxygens (including phenoxy) is 1. The molecule has 1 aromatic carbocycles. The number of amides is 2. The minimum Gasteiger partial charge on any atom is -0.489 e. The summed E-state index contributed by atoms with van der Waals surface area (Å²) in [4.78, 5) is 15.9. The Morgan fingerprint density at radius 3 is 2.68 bits per heavy atom. The molecule has 0 unspecified atom stereocenters. The molecule has 28 heavy (non-hydrogen) atoms. The van der Waals surface area contributed by atoms with Crippen LogP contribution in [0.15, 0.2) is 42.7 Å². The van der Waals surface area contributed by atoms with Gasteiger partial charge in [0.05, 0.1) is 17.8 Å². The average Bonchev–Trinajstić information content (AvgIpc) is 2.61. The maximum Gasteiger partial charge on any atom is 0.323 e. The smallest absolute Gasteiger partial charge is 0.323 e. The monoisotopic (exact) mass is 410 g/mol. The Morgan fingerprint density at radius 1 is 1.25 bits per heavy atom. The topological polar surface area (TPSA) is 109 Å². The van der Waals surface area contributed by atoms with Crippen molar-refractivity contribution in [2.24, 2.45) is 0 Å². The fourth-order valence-corrected chi connectivity index (χ4v) is 2.86. The van der Waals surface area contributed by atoms with E-state index in [-0.39, 0.29) is 29.6 Å². The highest BCUT2D eigenvalue weighted by atomic mass is 32.2. The van der Waals surface area contributed by atoms with Gasteiger partial charge in [-0.2, -0.15) is 0 Å². The van der Waals surface area contributed by atoms with Gasteiger partial charge in [0.25, 0.3) is 0 Å². The van der Waals surface area contributed by atoms with Crippen LogP contribution in [0.1, 0.15) is 13.8 Å². The van der Waals surface area contributed by atoms with Crippen LogP contribution in [0.4, 0.5) is 20.6 Å². The number of carbonyl (C=O) groups is 1. The number of hydrogen-bond acceptors (Lipinski definition) is 6. The molecule has 0 fully saturated rings. The molecule has 1 heterocycles. The Bertz CT molecular complexity index is 894. The second-order valence-electron chi connectivity index (χ2n) is 6.06. The molecule has 0 radical (unpaired) electrons. The lowest BCUT2D eigenvalue weighted by molar-refractivity contribution is 0.219. The highest BCUT2D eigenvalue weighted by molar-refractivity contribution is 7.91. The molecule has 152 valence electrons. The summed E-state index contributed by atoms with van der Waals surface area (Å²) in [5.74, 6) is -0.469. The van der Waals surface area contributed by atoms with Crippen molar-refractivity contribution in [2.45, 2.75) is 20.0 Å². The summed E-state index contributed by atoms with van der Waals surface area (Å²) >= 11 is 0. The number of nitrogens with one attached hydrogen (secondary N) is 3. The van der Waals surface area contributed by atoms with E-state index in [0.717, 1.165) is 6.07 Å². The summed E-state index contributed by atoms with van der Waals surface area (Å²) in [6.07, 6.45) is 2.64. The molecule has 0 bridgehead atoms. The predicted octanol–water partition coefficient (Wildman–Crippen LogP) is 2.61. The van der Waals surface area contributed by atoms with Gasteiger partial charge in [0.2, 0.25) is 0 Å². The van der Waals surface area contributed by atoms with Crippen LogP contribution in [0, 0.1) is 5.82 Å². The number of nitrogens with zero attached hydrogens (tertiary/aromatic N) is 1. The van der Waals surface area contributed by atoms with Crippen LogP contribution in [0.25, 0.3) is 0 Å². The van der Waals surface area contributed by atoms with Crippen LogP contribution in [0.3, 0.4) is 0 Å². The summed E-state index contributed by atoms with van der Waals surface area (Å²) in [5.41, 5.74) is 0.708. The maximum atomic E-state index is 13.9. The number of carbonyl (C=O) groups excluding carboxylic acids is 1. The van der Waals surface area contributed by atoms with E-state index >= 15 is 0 Å². The number of anilines is 2.